The van der Waals surface area contributed by atoms with E-state index in [2.05, 4.69) is 42.8 Å². The maximum atomic E-state index is 5.75. The molecule has 0 saturated heterocycles. The minimum absolute atomic E-state index is 0.292. The molecular weight excluding hydrogens is 204 g/mol. The molecule has 1 atom stereocenters. The molecule has 0 aliphatic carbocycles. The van der Waals surface area contributed by atoms with Crippen molar-refractivity contribution in [1.82, 2.24) is 5.32 Å². The average molecular weight is 224 g/mol. The maximum absolute atomic E-state index is 5.75. The van der Waals surface area contributed by atoms with Crippen molar-refractivity contribution in [1.29, 1.82) is 0 Å². The summed E-state index contributed by atoms with van der Waals surface area (Å²) in [7, 11) is 0. The van der Waals surface area contributed by atoms with Crippen molar-refractivity contribution in [3.63, 3.8) is 0 Å². The number of nitrogens with one attached hydrogen (secondary N) is 1. The van der Waals surface area contributed by atoms with Gasteiger partial charge < -0.3 is 11.1 Å². The summed E-state index contributed by atoms with van der Waals surface area (Å²) in [6.07, 6.45) is 3.23. The quantitative estimate of drug-likeness (QED) is 0.729. The van der Waals surface area contributed by atoms with Gasteiger partial charge in [-0.15, -0.1) is 11.8 Å². The fourth-order valence-corrected chi connectivity index (χ4v) is 1.90. The highest BCUT2D eigenvalue weighted by Gasteiger charge is 2.07. The van der Waals surface area contributed by atoms with E-state index in [1.54, 1.807) is 11.8 Å². The van der Waals surface area contributed by atoms with Gasteiger partial charge in [0.05, 0.1) is 0 Å². The molecule has 1 aromatic rings. The summed E-state index contributed by atoms with van der Waals surface area (Å²) in [5.41, 5.74) is 7.03. The van der Waals surface area contributed by atoms with Gasteiger partial charge in [-0.05, 0) is 36.9 Å². The third-order valence-corrected chi connectivity index (χ3v) is 3.14. The van der Waals surface area contributed by atoms with Crippen molar-refractivity contribution in [3.05, 3.63) is 29.8 Å². The summed E-state index contributed by atoms with van der Waals surface area (Å²) in [5.74, 6) is 0. The van der Waals surface area contributed by atoms with E-state index in [9.17, 15) is 0 Å². The number of hydrogen-bond donors (Lipinski definition) is 2. The zero-order valence-electron chi connectivity index (χ0n) is 9.49. The molecule has 0 radical (unpaired) electrons. The molecule has 0 aliphatic heterocycles. The Hall–Kier alpha value is -0.510. The van der Waals surface area contributed by atoms with Crippen LogP contribution in [0.5, 0.6) is 0 Å². The van der Waals surface area contributed by atoms with Crippen LogP contribution in [0.3, 0.4) is 0 Å². The number of rotatable bonds is 6. The summed E-state index contributed by atoms with van der Waals surface area (Å²) in [5, 5.41) is 3.44. The Morgan fingerprint density at radius 2 is 2.00 bits per heavy atom. The molecule has 0 spiro atoms. The normalized spacial score (nSPS) is 12.7. The van der Waals surface area contributed by atoms with Crippen molar-refractivity contribution < 1.29 is 0 Å². The van der Waals surface area contributed by atoms with Crippen LogP contribution < -0.4 is 11.1 Å². The minimum Gasteiger partial charge on any atom is -0.329 e. The molecule has 0 aromatic heterocycles. The van der Waals surface area contributed by atoms with Gasteiger partial charge in [0.15, 0.2) is 0 Å². The zero-order valence-corrected chi connectivity index (χ0v) is 10.3. The molecule has 1 rings (SSSR count). The summed E-state index contributed by atoms with van der Waals surface area (Å²) in [6, 6.07) is 8.91. The van der Waals surface area contributed by atoms with E-state index in [4.69, 9.17) is 5.73 Å². The lowest BCUT2D eigenvalue weighted by atomic mass is 10.1. The fourth-order valence-electron chi connectivity index (χ4n) is 1.49. The van der Waals surface area contributed by atoms with Crippen LogP contribution in [0.2, 0.25) is 0 Å². The van der Waals surface area contributed by atoms with Crippen LogP contribution in [0, 0.1) is 0 Å². The van der Waals surface area contributed by atoms with E-state index in [0.29, 0.717) is 12.6 Å². The van der Waals surface area contributed by atoms with E-state index in [-0.39, 0.29) is 0 Å². The van der Waals surface area contributed by atoms with Crippen LogP contribution in [0.15, 0.2) is 29.2 Å². The van der Waals surface area contributed by atoms with E-state index in [1.165, 1.54) is 10.5 Å². The van der Waals surface area contributed by atoms with Gasteiger partial charge in [-0.1, -0.05) is 19.1 Å². The van der Waals surface area contributed by atoms with E-state index < -0.39 is 0 Å². The first-order chi connectivity index (χ1) is 7.31. The lowest BCUT2D eigenvalue weighted by Crippen LogP contribution is -2.28. The third-order valence-electron chi connectivity index (χ3n) is 2.39. The highest BCUT2D eigenvalue weighted by molar-refractivity contribution is 7.98. The standard InChI is InChI=1S/C12H20N2S/c1-3-8-14-12(9-13)10-4-6-11(15-2)7-5-10/h4-7,12,14H,3,8-9,13H2,1-2H3. The van der Waals surface area contributed by atoms with Crippen molar-refractivity contribution >= 4 is 11.8 Å². The SMILES string of the molecule is CCCNC(CN)c1ccc(SC)cc1. The largest absolute Gasteiger partial charge is 0.329 e. The first-order valence-electron chi connectivity index (χ1n) is 5.39. The van der Waals surface area contributed by atoms with Crippen molar-refractivity contribution in [2.75, 3.05) is 19.3 Å². The summed E-state index contributed by atoms with van der Waals surface area (Å²) < 4.78 is 0. The van der Waals surface area contributed by atoms with Gasteiger partial charge in [0.25, 0.3) is 0 Å². The second-order valence-corrected chi connectivity index (χ2v) is 4.40. The predicted molar refractivity (Wildman–Crippen MR) is 68.3 cm³/mol. The monoisotopic (exact) mass is 224 g/mol. The first kappa shape index (κ1) is 12.6. The molecule has 0 aliphatic rings. The van der Waals surface area contributed by atoms with Crippen LogP contribution in [0.25, 0.3) is 0 Å². The van der Waals surface area contributed by atoms with Crippen LogP contribution in [0.4, 0.5) is 0 Å². The van der Waals surface area contributed by atoms with Gasteiger partial charge in [0.2, 0.25) is 0 Å². The maximum Gasteiger partial charge on any atom is 0.0444 e. The molecule has 0 fully saturated rings. The van der Waals surface area contributed by atoms with Gasteiger partial charge in [-0.3, -0.25) is 0 Å². The van der Waals surface area contributed by atoms with Crippen molar-refractivity contribution in [2.24, 2.45) is 5.73 Å². The predicted octanol–water partition coefficient (Wildman–Crippen LogP) is 2.41. The lowest BCUT2D eigenvalue weighted by Gasteiger charge is -2.16. The summed E-state index contributed by atoms with van der Waals surface area (Å²) >= 11 is 1.76. The molecule has 15 heavy (non-hydrogen) atoms. The number of hydrogen-bond acceptors (Lipinski definition) is 3. The van der Waals surface area contributed by atoms with Crippen LogP contribution >= 0.6 is 11.8 Å². The molecule has 0 saturated carbocycles. The molecule has 2 nitrogen and oxygen atoms in total. The van der Waals surface area contributed by atoms with Gasteiger partial charge >= 0.3 is 0 Å². The Labute approximate surface area is 96.6 Å². The van der Waals surface area contributed by atoms with E-state index in [0.717, 1.165) is 13.0 Å². The van der Waals surface area contributed by atoms with Gasteiger partial charge in [0, 0.05) is 17.5 Å². The molecule has 1 aromatic carbocycles. The van der Waals surface area contributed by atoms with Gasteiger partial charge in [-0.25, -0.2) is 0 Å². The topological polar surface area (TPSA) is 38.0 Å². The summed E-state index contributed by atoms with van der Waals surface area (Å²) in [4.78, 5) is 1.30. The van der Waals surface area contributed by atoms with Crippen molar-refractivity contribution in [2.45, 2.75) is 24.3 Å². The Morgan fingerprint density at radius 1 is 1.33 bits per heavy atom. The smallest absolute Gasteiger partial charge is 0.0444 e. The number of thioether (sulfide) groups is 1. The zero-order chi connectivity index (χ0) is 11.1. The molecule has 3 heteroatoms. The number of benzene rings is 1. The van der Waals surface area contributed by atoms with Crippen LogP contribution in [-0.2, 0) is 0 Å². The Morgan fingerprint density at radius 3 is 2.47 bits per heavy atom. The molecule has 84 valence electrons. The second-order valence-electron chi connectivity index (χ2n) is 3.52. The molecule has 0 bridgehead atoms. The Bertz CT molecular complexity index is 271. The molecule has 0 heterocycles. The molecule has 1 unspecified atom stereocenters. The molecule has 0 amide bonds. The average Bonchev–Trinajstić information content (AvgIpc) is 2.31. The Kier molecular flexibility index (Phi) is 5.76. The lowest BCUT2D eigenvalue weighted by molar-refractivity contribution is 0.540. The second kappa shape index (κ2) is 6.88. The van der Waals surface area contributed by atoms with Gasteiger partial charge in [0.1, 0.15) is 0 Å². The van der Waals surface area contributed by atoms with Crippen LogP contribution in [-0.4, -0.2) is 19.3 Å². The number of nitrogens with two attached hydrogens (primary N) is 1. The fraction of sp³-hybridized carbons (Fsp3) is 0.500. The summed E-state index contributed by atoms with van der Waals surface area (Å²) in [6.45, 7) is 3.84. The van der Waals surface area contributed by atoms with Crippen LogP contribution in [0.1, 0.15) is 24.9 Å². The first-order valence-corrected chi connectivity index (χ1v) is 6.61. The van der Waals surface area contributed by atoms with Crippen molar-refractivity contribution in [3.8, 4) is 0 Å². The highest BCUT2D eigenvalue weighted by atomic mass is 32.2. The highest BCUT2D eigenvalue weighted by Crippen LogP contribution is 2.18. The Balaban J connectivity index is 2.65. The molecule has 3 N–H and O–H groups in total. The third kappa shape index (κ3) is 3.86. The molecular formula is C12H20N2S. The minimum atomic E-state index is 0.292. The van der Waals surface area contributed by atoms with E-state index in [1.807, 2.05) is 0 Å². The van der Waals surface area contributed by atoms with E-state index >= 15 is 0 Å². The van der Waals surface area contributed by atoms with Gasteiger partial charge in [-0.2, -0.15) is 0 Å².